The number of benzene rings is 1. The molecule has 4 nitrogen and oxygen atoms in total. The van der Waals surface area contributed by atoms with Crippen LogP contribution in [0, 0.1) is 0 Å². The Kier molecular flexibility index (Phi) is 5.48. The van der Waals surface area contributed by atoms with Gasteiger partial charge in [-0.3, -0.25) is 0 Å². The SMILES string of the molecule is COc1ccc(CNC2CC2)c(OCCCCO)c1. The first-order valence-corrected chi connectivity index (χ1v) is 6.97. The summed E-state index contributed by atoms with van der Waals surface area (Å²) in [6.07, 6.45) is 4.20. The van der Waals surface area contributed by atoms with Crippen molar-refractivity contribution in [1.29, 1.82) is 0 Å². The van der Waals surface area contributed by atoms with Gasteiger partial charge in [0.2, 0.25) is 0 Å². The monoisotopic (exact) mass is 265 g/mol. The van der Waals surface area contributed by atoms with Crippen molar-refractivity contribution in [1.82, 2.24) is 5.32 Å². The topological polar surface area (TPSA) is 50.7 Å². The largest absolute Gasteiger partial charge is 0.497 e. The number of methoxy groups -OCH3 is 1. The van der Waals surface area contributed by atoms with Crippen molar-refractivity contribution in [3.63, 3.8) is 0 Å². The molecule has 0 spiro atoms. The van der Waals surface area contributed by atoms with E-state index in [1.165, 1.54) is 12.8 Å². The second kappa shape index (κ2) is 7.36. The van der Waals surface area contributed by atoms with E-state index in [-0.39, 0.29) is 6.61 Å². The fourth-order valence-electron chi connectivity index (χ4n) is 1.88. The predicted molar refractivity (Wildman–Crippen MR) is 74.7 cm³/mol. The van der Waals surface area contributed by atoms with Crippen LogP contribution in [0.1, 0.15) is 31.2 Å². The van der Waals surface area contributed by atoms with Gasteiger partial charge in [-0.1, -0.05) is 6.07 Å². The molecule has 2 N–H and O–H groups in total. The van der Waals surface area contributed by atoms with Crippen LogP contribution < -0.4 is 14.8 Å². The van der Waals surface area contributed by atoms with Crippen LogP contribution in [0.2, 0.25) is 0 Å². The van der Waals surface area contributed by atoms with E-state index in [2.05, 4.69) is 11.4 Å². The third-order valence-corrected chi connectivity index (χ3v) is 3.24. The highest BCUT2D eigenvalue weighted by molar-refractivity contribution is 5.40. The lowest BCUT2D eigenvalue weighted by molar-refractivity contribution is 0.251. The molecule has 2 rings (SSSR count). The van der Waals surface area contributed by atoms with E-state index < -0.39 is 0 Å². The molecule has 0 amide bonds. The summed E-state index contributed by atoms with van der Waals surface area (Å²) in [5.74, 6) is 1.69. The van der Waals surface area contributed by atoms with Gasteiger partial charge in [-0.2, -0.15) is 0 Å². The van der Waals surface area contributed by atoms with Crippen LogP contribution >= 0.6 is 0 Å². The minimum absolute atomic E-state index is 0.220. The molecule has 0 radical (unpaired) electrons. The molecule has 0 saturated heterocycles. The van der Waals surface area contributed by atoms with E-state index in [1.54, 1.807) is 7.11 Å². The van der Waals surface area contributed by atoms with Crippen molar-refractivity contribution in [3.8, 4) is 11.5 Å². The van der Waals surface area contributed by atoms with Crippen LogP contribution in [0.4, 0.5) is 0 Å². The van der Waals surface area contributed by atoms with Crippen molar-refractivity contribution in [2.45, 2.75) is 38.3 Å². The molecular weight excluding hydrogens is 242 g/mol. The smallest absolute Gasteiger partial charge is 0.127 e. The molecule has 0 heterocycles. The summed E-state index contributed by atoms with van der Waals surface area (Å²) in [5.41, 5.74) is 1.16. The first-order chi connectivity index (χ1) is 9.33. The summed E-state index contributed by atoms with van der Waals surface area (Å²) in [6, 6.07) is 6.63. The molecular formula is C15H23NO3. The number of ether oxygens (including phenoxy) is 2. The van der Waals surface area contributed by atoms with E-state index in [1.807, 2.05) is 12.1 Å². The van der Waals surface area contributed by atoms with Crippen LogP contribution in [-0.4, -0.2) is 31.5 Å². The number of hydrogen-bond acceptors (Lipinski definition) is 4. The Bertz CT molecular complexity index is 391. The Balaban J connectivity index is 1.93. The van der Waals surface area contributed by atoms with Crippen molar-refractivity contribution in [3.05, 3.63) is 23.8 Å². The minimum atomic E-state index is 0.220. The number of nitrogens with one attached hydrogen (secondary N) is 1. The van der Waals surface area contributed by atoms with Crippen LogP contribution in [0.15, 0.2) is 18.2 Å². The molecule has 1 aliphatic carbocycles. The molecule has 1 saturated carbocycles. The summed E-state index contributed by atoms with van der Waals surface area (Å²) < 4.78 is 11.0. The molecule has 0 aliphatic heterocycles. The Hall–Kier alpha value is -1.26. The Morgan fingerprint density at radius 3 is 2.84 bits per heavy atom. The normalized spacial score (nSPS) is 14.4. The Morgan fingerprint density at radius 1 is 1.32 bits per heavy atom. The van der Waals surface area contributed by atoms with Gasteiger partial charge in [-0.25, -0.2) is 0 Å². The summed E-state index contributed by atoms with van der Waals surface area (Å²) >= 11 is 0. The molecule has 1 aromatic carbocycles. The standard InChI is InChI=1S/C15H23NO3/c1-18-14-7-4-12(11-16-13-5-6-13)15(10-14)19-9-3-2-8-17/h4,7,10,13,16-17H,2-3,5-6,8-9,11H2,1H3. The van der Waals surface area contributed by atoms with Gasteiger partial charge in [0.15, 0.2) is 0 Å². The molecule has 4 heteroatoms. The minimum Gasteiger partial charge on any atom is -0.497 e. The van der Waals surface area contributed by atoms with Crippen molar-refractivity contribution in [2.24, 2.45) is 0 Å². The van der Waals surface area contributed by atoms with E-state index in [9.17, 15) is 0 Å². The van der Waals surface area contributed by atoms with E-state index >= 15 is 0 Å². The molecule has 0 atom stereocenters. The zero-order valence-electron chi connectivity index (χ0n) is 11.5. The van der Waals surface area contributed by atoms with Crippen molar-refractivity contribution < 1.29 is 14.6 Å². The second-order valence-electron chi connectivity index (χ2n) is 4.91. The molecule has 1 aliphatic rings. The van der Waals surface area contributed by atoms with Crippen molar-refractivity contribution in [2.75, 3.05) is 20.3 Å². The summed E-state index contributed by atoms with van der Waals surface area (Å²) in [7, 11) is 1.66. The third kappa shape index (κ3) is 4.73. The van der Waals surface area contributed by atoms with Gasteiger partial charge in [-0.15, -0.1) is 0 Å². The van der Waals surface area contributed by atoms with Crippen LogP contribution in [0.25, 0.3) is 0 Å². The molecule has 1 aromatic rings. The number of unbranched alkanes of at least 4 members (excludes halogenated alkanes) is 1. The molecule has 0 bridgehead atoms. The predicted octanol–water partition coefficient (Wildman–Crippen LogP) is 2.10. The summed E-state index contributed by atoms with van der Waals surface area (Å²) in [5, 5.41) is 12.3. The van der Waals surface area contributed by atoms with E-state index in [0.717, 1.165) is 36.4 Å². The number of rotatable bonds is 9. The maximum Gasteiger partial charge on any atom is 0.127 e. The zero-order valence-corrected chi connectivity index (χ0v) is 11.5. The van der Waals surface area contributed by atoms with Gasteiger partial charge in [0.05, 0.1) is 13.7 Å². The zero-order chi connectivity index (χ0) is 13.5. The van der Waals surface area contributed by atoms with Gasteiger partial charge in [0.1, 0.15) is 11.5 Å². The van der Waals surface area contributed by atoms with E-state index in [0.29, 0.717) is 12.6 Å². The summed E-state index contributed by atoms with van der Waals surface area (Å²) in [4.78, 5) is 0. The third-order valence-electron chi connectivity index (χ3n) is 3.24. The van der Waals surface area contributed by atoms with Crippen LogP contribution in [0.3, 0.4) is 0 Å². The number of hydrogen-bond donors (Lipinski definition) is 2. The maximum absolute atomic E-state index is 8.77. The fourth-order valence-corrected chi connectivity index (χ4v) is 1.88. The molecule has 0 aromatic heterocycles. The van der Waals surface area contributed by atoms with Gasteiger partial charge in [0.25, 0.3) is 0 Å². The molecule has 0 unspecified atom stereocenters. The first kappa shape index (κ1) is 14.2. The van der Waals surface area contributed by atoms with Crippen LogP contribution in [-0.2, 0) is 6.54 Å². The highest BCUT2D eigenvalue weighted by Crippen LogP contribution is 2.26. The fraction of sp³-hybridized carbons (Fsp3) is 0.600. The highest BCUT2D eigenvalue weighted by atomic mass is 16.5. The average molecular weight is 265 g/mol. The first-order valence-electron chi connectivity index (χ1n) is 6.97. The van der Waals surface area contributed by atoms with Gasteiger partial charge >= 0.3 is 0 Å². The average Bonchev–Trinajstić information content (AvgIpc) is 3.26. The van der Waals surface area contributed by atoms with Gasteiger partial charge < -0.3 is 19.9 Å². The van der Waals surface area contributed by atoms with Gasteiger partial charge in [-0.05, 0) is 31.7 Å². The second-order valence-corrected chi connectivity index (χ2v) is 4.91. The van der Waals surface area contributed by atoms with Crippen molar-refractivity contribution >= 4 is 0 Å². The number of aliphatic hydroxyl groups excluding tert-OH is 1. The molecule has 106 valence electrons. The lowest BCUT2D eigenvalue weighted by Crippen LogP contribution is -2.16. The molecule has 19 heavy (non-hydrogen) atoms. The van der Waals surface area contributed by atoms with Crippen LogP contribution in [0.5, 0.6) is 11.5 Å². The van der Waals surface area contributed by atoms with E-state index in [4.69, 9.17) is 14.6 Å². The lowest BCUT2D eigenvalue weighted by atomic mass is 10.2. The maximum atomic E-state index is 8.77. The molecule has 1 fully saturated rings. The number of aliphatic hydroxyl groups is 1. The Morgan fingerprint density at radius 2 is 2.16 bits per heavy atom. The lowest BCUT2D eigenvalue weighted by Gasteiger charge is -2.13. The van der Waals surface area contributed by atoms with Gasteiger partial charge in [0, 0.05) is 30.8 Å². The highest BCUT2D eigenvalue weighted by Gasteiger charge is 2.20. The summed E-state index contributed by atoms with van der Waals surface area (Å²) in [6.45, 7) is 1.69. The quantitative estimate of drug-likeness (QED) is 0.671. The Labute approximate surface area is 114 Å².